The Morgan fingerprint density at radius 2 is 1.46 bits per heavy atom. The molecule has 3 aromatic rings. The summed E-state index contributed by atoms with van der Waals surface area (Å²) < 4.78 is 31.9. The number of alkyl carbamates (subject to hydrolysis) is 1. The van der Waals surface area contributed by atoms with E-state index in [4.69, 9.17) is 13.8 Å². The van der Waals surface area contributed by atoms with Crippen LogP contribution >= 0.6 is 7.60 Å². The van der Waals surface area contributed by atoms with Crippen LogP contribution in [-0.4, -0.2) is 35.3 Å². The van der Waals surface area contributed by atoms with Crippen molar-refractivity contribution in [1.29, 1.82) is 0 Å². The lowest BCUT2D eigenvalue weighted by molar-refractivity contribution is -0.134. The Kier molecular flexibility index (Phi) is 9.66. The van der Waals surface area contributed by atoms with Crippen molar-refractivity contribution in [3.63, 3.8) is 0 Å². The lowest BCUT2D eigenvalue weighted by atomic mass is 9.98. The van der Waals surface area contributed by atoms with Crippen molar-refractivity contribution in [2.75, 3.05) is 6.54 Å². The number of carbonyl (C=O) groups excluding carboxylic acids is 2. The summed E-state index contributed by atoms with van der Waals surface area (Å²) in [6, 6.07) is 26.1. The molecule has 1 saturated heterocycles. The van der Waals surface area contributed by atoms with Gasteiger partial charge in [-0.3, -0.25) is 4.79 Å². The van der Waals surface area contributed by atoms with Gasteiger partial charge in [-0.15, -0.1) is 0 Å². The molecule has 2 amide bonds. The third-order valence-electron chi connectivity index (χ3n) is 6.79. The first-order valence-electron chi connectivity index (χ1n) is 13.3. The SMILES string of the molecule is CC[C@H](C)[C@H](NC(=O)OCc1ccccc1)C(=O)N1CCC[C@@H]1P(=O)(Oc1ccccc1)Oc1ccccc1. The fourth-order valence-corrected chi connectivity index (χ4v) is 6.67. The fraction of sp³-hybridized carbons (Fsp3) is 0.333. The van der Waals surface area contributed by atoms with Crippen LogP contribution in [0.1, 0.15) is 38.7 Å². The van der Waals surface area contributed by atoms with Gasteiger partial charge in [0.25, 0.3) is 0 Å². The second-order valence-electron chi connectivity index (χ2n) is 9.57. The van der Waals surface area contributed by atoms with Crippen LogP contribution in [0.25, 0.3) is 0 Å². The van der Waals surface area contributed by atoms with E-state index in [0.717, 1.165) is 5.56 Å². The van der Waals surface area contributed by atoms with Gasteiger partial charge in [-0.1, -0.05) is 87.0 Å². The van der Waals surface area contributed by atoms with E-state index in [2.05, 4.69) is 5.32 Å². The molecule has 1 fully saturated rings. The summed E-state index contributed by atoms with van der Waals surface area (Å²) in [5, 5.41) is 2.76. The first-order valence-corrected chi connectivity index (χ1v) is 14.9. The van der Waals surface area contributed by atoms with E-state index in [9.17, 15) is 14.2 Å². The molecule has 1 aliphatic heterocycles. The fourth-order valence-electron chi connectivity index (χ4n) is 4.49. The summed E-state index contributed by atoms with van der Waals surface area (Å²) in [7, 11) is -3.93. The molecule has 206 valence electrons. The minimum absolute atomic E-state index is 0.0888. The van der Waals surface area contributed by atoms with E-state index >= 15 is 0 Å². The van der Waals surface area contributed by atoms with Gasteiger partial charge in [0.05, 0.1) is 0 Å². The van der Waals surface area contributed by atoms with Crippen molar-refractivity contribution in [2.24, 2.45) is 5.92 Å². The molecule has 3 aromatic carbocycles. The maximum Gasteiger partial charge on any atom is 0.453 e. The Morgan fingerprint density at radius 3 is 2.00 bits per heavy atom. The summed E-state index contributed by atoms with van der Waals surface area (Å²) in [5.74, 6) is -0.571. The van der Waals surface area contributed by atoms with Gasteiger partial charge in [0.2, 0.25) is 5.91 Å². The number of amides is 2. The van der Waals surface area contributed by atoms with Gasteiger partial charge < -0.3 is 24.0 Å². The molecule has 0 spiro atoms. The highest BCUT2D eigenvalue weighted by molar-refractivity contribution is 7.55. The van der Waals surface area contributed by atoms with Crippen LogP contribution in [-0.2, 0) is 20.7 Å². The Labute approximate surface area is 229 Å². The van der Waals surface area contributed by atoms with E-state index in [-0.39, 0.29) is 18.4 Å². The molecule has 1 N–H and O–H groups in total. The molecule has 4 rings (SSSR count). The Bertz CT molecular complexity index is 1210. The second-order valence-corrected chi connectivity index (χ2v) is 11.6. The highest BCUT2D eigenvalue weighted by atomic mass is 31.2. The van der Waals surface area contributed by atoms with Gasteiger partial charge in [-0.05, 0) is 48.6 Å². The molecule has 0 bridgehead atoms. The van der Waals surface area contributed by atoms with Crippen LogP contribution in [0.3, 0.4) is 0 Å². The zero-order valence-corrected chi connectivity index (χ0v) is 23.2. The number of benzene rings is 3. The lowest BCUT2D eigenvalue weighted by Crippen LogP contribution is -2.53. The topological polar surface area (TPSA) is 94.2 Å². The highest BCUT2D eigenvalue weighted by Gasteiger charge is 2.49. The molecule has 0 aliphatic carbocycles. The minimum atomic E-state index is -3.93. The van der Waals surface area contributed by atoms with E-state index in [1.807, 2.05) is 56.3 Å². The van der Waals surface area contributed by atoms with Crippen molar-refractivity contribution >= 4 is 19.6 Å². The smallest absolute Gasteiger partial charge is 0.445 e. The van der Waals surface area contributed by atoms with Crippen LogP contribution in [0, 0.1) is 5.92 Å². The zero-order valence-electron chi connectivity index (χ0n) is 22.3. The molecular weight excluding hydrogens is 515 g/mol. The minimum Gasteiger partial charge on any atom is -0.445 e. The van der Waals surface area contributed by atoms with E-state index in [1.165, 1.54) is 0 Å². The molecular formula is C30H35N2O6P. The number of rotatable bonds is 11. The quantitative estimate of drug-likeness (QED) is 0.270. The summed E-state index contributed by atoms with van der Waals surface area (Å²) in [6.07, 6.45) is 1.03. The summed E-state index contributed by atoms with van der Waals surface area (Å²) in [4.78, 5) is 28.2. The normalized spacial score (nSPS) is 16.7. The van der Waals surface area contributed by atoms with Gasteiger partial charge in [-0.2, -0.15) is 0 Å². The number of nitrogens with zero attached hydrogens (tertiary/aromatic N) is 1. The van der Waals surface area contributed by atoms with Gasteiger partial charge in [-0.25, -0.2) is 9.36 Å². The average molecular weight is 551 g/mol. The molecule has 0 saturated carbocycles. The molecule has 3 atom stereocenters. The number of ether oxygens (including phenoxy) is 1. The van der Waals surface area contributed by atoms with Crippen molar-refractivity contribution in [2.45, 2.75) is 51.5 Å². The summed E-state index contributed by atoms with van der Waals surface area (Å²) in [6.45, 7) is 4.31. The van der Waals surface area contributed by atoms with Crippen molar-refractivity contribution in [3.8, 4) is 11.5 Å². The zero-order chi connectivity index (χ0) is 27.7. The van der Waals surface area contributed by atoms with Crippen LogP contribution in [0.5, 0.6) is 11.5 Å². The number of hydrogen-bond donors (Lipinski definition) is 1. The highest BCUT2D eigenvalue weighted by Crippen LogP contribution is 2.57. The monoisotopic (exact) mass is 550 g/mol. The number of hydrogen-bond acceptors (Lipinski definition) is 6. The largest absolute Gasteiger partial charge is 0.453 e. The molecule has 1 aliphatic rings. The van der Waals surface area contributed by atoms with Crippen LogP contribution in [0.4, 0.5) is 4.79 Å². The number of likely N-dealkylation sites (tertiary alicyclic amines) is 1. The van der Waals surface area contributed by atoms with Crippen molar-refractivity contribution < 1.29 is 27.9 Å². The number of para-hydroxylation sites is 2. The Balaban J connectivity index is 1.55. The molecule has 0 radical (unpaired) electrons. The number of nitrogens with one attached hydrogen (secondary N) is 1. The lowest BCUT2D eigenvalue weighted by Gasteiger charge is -2.34. The first kappa shape index (κ1) is 28.2. The maximum absolute atomic E-state index is 14.5. The molecule has 1 heterocycles. The summed E-state index contributed by atoms with van der Waals surface area (Å²) >= 11 is 0. The van der Waals surface area contributed by atoms with Crippen LogP contribution in [0.15, 0.2) is 91.0 Å². The molecule has 0 aromatic heterocycles. The van der Waals surface area contributed by atoms with Gasteiger partial charge in [0, 0.05) is 6.54 Å². The molecule has 39 heavy (non-hydrogen) atoms. The van der Waals surface area contributed by atoms with Gasteiger partial charge in [0.15, 0.2) is 5.78 Å². The third-order valence-corrected chi connectivity index (χ3v) is 8.98. The van der Waals surface area contributed by atoms with E-state index in [1.54, 1.807) is 53.4 Å². The average Bonchev–Trinajstić information content (AvgIpc) is 3.47. The maximum atomic E-state index is 14.5. The standard InChI is InChI=1S/C30H35N2O6P/c1-3-23(2)28(31-30(34)36-22-24-14-7-4-8-15-24)29(33)32-21-13-20-27(32)39(35,37-25-16-9-5-10-17-25)38-26-18-11-6-12-19-26/h4-12,14-19,23,27-28H,3,13,20-22H2,1-2H3,(H,31,34)/t23-,27-,28-/m0/s1. The van der Waals surface area contributed by atoms with Gasteiger partial charge >= 0.3 is 13.7 Å². The second kappa shape index (κ2) is 13.3. The summed E-state index contributed by atoms with van der Waals surface area (Å²) in [5.41, 5.74) is 0.843. The third kappa shape index (κ3) is 7.42. The molecule has 0 unspecified atom stereocenters. The Morgan fingerprint density at radius 1 is 0.923 bits per heavy atom. The van der Waals surface area contributed by atoms with Crippen LogP contribution in [0.2, 0.25) is 0 Å². The van der Waals surface area contributed by atoms with Crippen molar-refractivity contribution in [1.82, 2.24) is 10.2 Å². The van der Waals surface area contributed by atoms with Crippen molar-refractivity contribution in [3.05, 3.63) is 96.6 Å². The Hall–Kier alpha value is -3.77. The predicted octanol–water partition coefficient (Wildman–Crippen LogP) is 6.63. The van der Waals surface area contributed by atoms with Crippen LogP contribution < -0.4 is 14.4 Å². The van der Waals surface area contributed by atoms with E-state index in [0.29, 0.717) is 37.3 Å². The van der Waals surface area contributed by atoms with E-state index < -0.39 is 25.5 Å². The number of carbonyl (C=O) groups is 2. The first-order chi connectivity index (χ1) is 18.9. The molecule has 8 nitrogen and oxygen atoms in total. The predicted molar refractivity (Wildman–Crippen MR) is 149 cm³/mol. The van der Waals surface area contributed by atoms with Gasteiger partial charge in [0.1, 0.15) is 24.1 Å². The molecule has 9 heteroatoms.